The number of rotatable bonds is 3. The van der Waals surface area contributed by atoms with Gasteiger partial charge in [-0.3, -0.25) is 4.79 Å². The molecule has 1 aromatic heterocycles. The SMILES string of the molecule is N#Cc1c(Nc2ccccc2C(F)(F)F)sn(-c2ccc3c(c2)OCCO3)c1=O. The third-order valence-corrected chi connectivity index (χ3v) is 5.21. The van der Waals surface area contributed by atoms with Gasteiger partial charge in [0.05, 0.1) is 16.9 Å². The lowest BCUT2D eigenvalue weighted by atomic mass is 10.1. The monoisotopic (exact) mass is 419 g/mol. The highest BCUT2D eigenvalue weighted by molar-refractivity contribution is 7.11. The van der Waals surface area contributed by atoms with Crippen molar-refractivity contribution in [1.82, 2.24) is 3.96 Å². The van der Waals surface area contributed by atoms with E-state index >= 15 is 0 Å². The molecule has 0 radical (unpaired) electrons. The van der Waals surface area contributed by atoms with E-state index in [-0.39, 0.29) is 16.3 Å². The summed E-state index contributed by atoms with van der Waals surface area (Å²) in [5.74, 6) is 0.979. The van der Waals surface area contributed by atoms with Crippen LogP contribution in [0, 0.1) is 11.3 Å². The standard InChI is InChI=1S/C19H12F3N3O3S/c20-19(21,22)13-3-1-2-4-14(13)24-17-12(10-23)18(26)25(29-17)11-5-6-15-16(9-11)28-8-7-27-15/h1-6,9,24H,7-8H2. The van der Waals surface area contributed by atoms with Gasteiger partial charge in [-0.25, -0.2) is 3.96 Å². The Labute approximate surface area is 166 Å². The van der Waals surface area contributed by atoms with Gasteiger partial charge in [-0.2, -0.15) is 18.4 Å². The van der Waals surface area contributed by atoms with Crippen LogP contribution in [0.2, 0.25) is 0 Å². The molecular weight excluding hydrogens is 407 g/mol. The first kappa shape index (κ1) is 18.9. The minimum absolute atomic E-state index is 0.0177. The normalized spacial score (nSPS) is 13.0. The van der Waals surface area contributed by atoms with Crippen LogP contribution in [0.5, 0.6) is 11.5 Å². The molecule has 0 spiro atoms. The fraction of sp³-hybridized carbons (Fsp3) is 0.158. The van der Waals surface area contributed by atoms with Gasteiger partial charge in [0.25, 0.3) is 5.56 Å². The molecule has 6 nitrogen and oxygen atoms in total. The number of alkyl halides is 3. The summed E-state index contributed by atoms with van der Waals surface area (Å²) in [5.41, 5.74) is -1.64. The van der Waals surface area contributed by atoms with Crippen molar-refractivity contribution in [2.24, 2.45) is 0 Å². The van der Waals surface area contributed by atoms with E-state index in [4.69, 9.17) is 9.47 Å². The molecule has 0 fully saturated rings. The molecule has 2 aromatic carbocycles. The van der Waals surface area contributed by atoms with Crippen LogP contribution >= 0.6 is 11.5 Å². The summed E-state index contributed by atoms with van der Waals surface area (Å²) in [5, 5.41) is 12.0. The Morgan fingerprint density at radius 1 is 1.10 bits per heavy atom. The van der Waals surface area contributed by atoms with E-state index in [2.05, 4.69) is 5.32 Å². The van der Waals surface area contributed by atoms with Crippen LogP contribution in [-0.2, 0) is 6.18 Å². The number of nitrogens with one attached hydrogen (secondary N) is 1. The van der Waals surface area contributed by atoms with Gasteiger partial charge in [-0.1, -0.05) is 12.1 Å². The van der Waals surface area contributed by atoms with Crippen LogP contribution in [0.3, 0.4) is 0 Å². The molecule has 1 aliphatic rings. The maximum Gasteiger partial charge on any atom is 0.418 e. The number of hydrogen-bond donors (Lipinski definition) is 1. The molecule has 0 bridgehead atoms. The summed E-state index contributed by atoms with van der Waals surface area (Å²) < 4.78 is 51.9. The number of halogens is 3. The summed E-state index contributed by atoms with van der Waals surface area (Å²) in [7, 11) is 0. The Hall–Kier alpha value is -3.45. The van der Waals surface area contributed by atoms with Gasteiger partial charge in [0.15, 0.2) is 17.1 Å². The van der Waals surface area contributed by atoms with E-state index in [1.165, 1.54) is 22.2 Å². The maximum atomic E-state index is 13.2. The third kappa shape index (κ3) is 3.52. The summed E-state index contributed by atoms with van der Waals surface area (Å²) in [6.07, 6.45) is -4.58. The molecule has 148 valence electrons. The van der Waals surface area contributed by atoms with Crippen LogP contribution in [0.4, 0.5) is 23.9 Å². The highest BCUT2D eigenvalue weighted by atomic mass is 32.1. The second-order valence-corrected chi connectivity index (χ2v) is 6.96. The fourth-order valence-electron chi connectivity index (χ4n) is 2.85. The van der Waals surface area contributed by atoms with Crippen molar-refractivity contribution >= 4 is 22.2 Å². The lowest BCUT2D eigenvalue weighted by Crippen LogP contribution is -2.17. The predicted molar refractivity (Wildman–Crippen MR) is 100 cm³/mol. The second kappa shape index (κ2) is 7.18. The Kier molecular flexibility index (Phi) is 4.68. The summed E-state index contributed by atoms with van der Waals surface area (Å²) in [4.78, 5) is 12.7. The number of nitrogens with zero attached hydrogens (tertiary/aromatic N) is 2. The molecule has 3 aromatic rings. The minimum Gasteiger partial charge on any atom is -0.486 e. The summed E-state index contributed by atoms with van der Waals surface area (Å²) in [6, 6.07) is 11.5. The average Bonchev–Trinajstić information content (AvgIpc) is 3.02. The van der Waals surface area contributed by atoms with Crippen LogP contribution < -0.4 is 20.3 Å². The van der Waals surface area contributed by atoms with Gasteiger partial charge < -0.3 is 14.8 Å². The van der Waals surface area contributed by atoms with Crippen molar-refractivity contribution in [3.8, 4) is 23.3 Å². The van der Waals surface area contributed by atoms with E-state index in [0.29, 0.717) is 30.4 Å². The number of para-hydroxylation sites is 1. The summed E-state index contributed by atoms with van der Waals surface area (Å²) >= 11 is 0.835. The number of fused-ring (bicyclic) bond motifs is 1. The van der Waals surface area contributed by atoms with Gasteiger partial charge in [-0.05, 0) is 35.8 Å². The molecule has 2 heterocycles. The molecule has 0 saturated carbocycles. The van der Waals surface area contributed by atoms with Crippen LogP contribution in [0.25, 0.3) is 5.69 Å². The molecule has 0 atom stereocenters. The topological polar surface area (TPSA) is 76.3 Å². The smallest absolute Gasteiger partial charge is 0.418 e. The minimum atomic E-state index is -4.58. The van der Waals surface area contributed by atoms with Gasteiger partial charge in [0.1, 0.15) is 24.3 Å². The Bertz CT molecular complexity index is 1180. The molecule has 0 amide bonds. The molecule has 0 saturated heterocycles. The van der Waals surface area contributed by atoms with E-state index in [1.54, 1.807) is 24.3 Å². The van der Waals surface area contributed by atoms with Crippen molar-refractivity contribution in [3.05, 3.63) is 63.9 Å². The van der Waals surface area contributed by atoms with Gasteiger partial charge in [0, 0.05) is 6.07 Å². The first-order valence-electron chi connectivity index (χ1n) is 8.38. The van der Waals surface area contributed by atoms with E-state index in [9.17, 15) is 23.2 Å². The van der Waals surface area contributed by atoms with Crippen molar-refractivity contribution < 1.29 is 22.6 Å². The first-order chi connectivity index (χ1) is 13.9. The quantitative estimate of drug-likeness (QED) is 0.685. The zero-order valence-electron chi connectivity index (χ0n) is 14.6. The number of hydrogen-bond acceptors (Lipinski definition) is 6. The van der Waals surface area contributed by atoms with E-state index < -0.39 is 17.3 Å². The van der Waals surface area contributed by atoms with Crippen molar-refractivity contribution in [2.45, 2.75) is 6.18 Å². The number of nitriles is 1. The van der Waals surface area contributed by atoms with Gasteiger partial charge in [-0.15, -0.1) is 0 Å². The van der Waals surface area contributed by atoms with Crippen LogP contribution in [-0.4, -0.2) is 17.2 Å². The number of aromatic nitrogens is 1. The molecule has 10 heteroatoms. The predicted octanol–water partition coefficient (Wildman–Crippen LogP) is 4.30. The van der Waals surface area contributed by atoms with E-state index in [0.717, 1.165) is 17.6 Å². The van der Waals surface area contributed by atoms with Crippen molar-refractivity contribution in [3.63, 3.8) is 0 Å². The van der Waals surface area contributed by atoms with Crippen molar-refractivity contribution in [1.29, 1.82) is 5.26 Å². The lowest BCUT2D eigenvalue weighted by Gasteiger charge is -2.18. The molecule has 0 unspecified atom stereocenters. The zero-order valence-corrected chi connectivity index (χ0v) is 15.4. The number of benzene rings is 2. The molecular formula is C19H12F3N3O3S. The van der Waals surface area contributed by atoms with Crippen LogP contribution in [0.1, 0.15) is 11.1 Å². The Balaban J connectivity index is 1.77. The van der Waals surface area contributed by atoms with Crippen LogP contribution in [0.15, 0.2) is 47.3 Å². The van der Waals surface area contributed by atoms with Gasteiger partial charge in [0.2, 0.25) is 0 Å². The molecule has 1 aliphatic heterocycles. The number of ether oxygens (including phenoxy) is 2. The fourth-order valence-corrected chi connectivity index (χ4v) is 3.81. The largest absolute Gasteiger partial charge is 0.486 e. The second-order valence-electron chi connectivity index (χ2n) is 6.00. The number of anilines is 2. The Morgan fingerprint density at radius 3 is 2.55 bits per heavy atom. The molecule has 0 aliphatic carbocycles. The molecule has 1 N–H and O–H groups in total. The molecule has 4 rings (SSSR count). The highest BCUT2D eigenvalue weighted by Gasteiger charge is 2.33. The Morgan fingerprint density at radius 2 is 1.83 bits per heavy atom. The van der Waals surface area contributed by atoms with E-state index in [1.807, 2.05) is 0 Å². The third-order valence-electron chi connectivity index (χ3n) is 4.16. The molecule has 29 heavy (non-hydrogen) atoms. The maximum absolute atomic E-state index is 13.2. The van der Waals surface area contributed by atoms with Crippen molar-refractivity contribution in [2.75, 3.05) is 18.5 Å². The van der Waals surface area contributed by atoms with Gasteiger partial charge >= 0.3 is 6.18 Å². The first-order valence-corrected chi connectivity index (χ1v) is 9.15. The summed E-state index contributed by atoms with van der Waals surface area (Å²) in [6.45, 7) is 0.775. The average molecular weight is 419 g/mol. The lowest BCUT2D eigenvalue weighted by molar-refractivity contribution is -0.136. The zero-order chi connectivity index (χ0) is 20.6. The highest BCUT2D eigenvalue weighted by Crippen LogP contribution is 2.38.